The van der Waals surface area contributed by atoms with E-state index in [9.17, 15) is 14.9 Å². The van der Waals surface area contributed by atoms with E-state index in [1.807, 2.05) is 25.1 Å². The first-order valence-electron chi connectivity index (χ1n) is 7.48. The molecule has 0 fully saturated rings. The van der Waals surface area contributed by atoms with Crippen LogP contribution in [0.4, 0.5) is 5.69 Å². The van der Waals surface area contributed by atoms with Crippen LogP contribution >= 0.6 is 0 Å². The van der Waals surface area contributed by atoms with Crippen LogP contribution in [0.2, 0.25) is 0 Å². The maximum atomic E-state index is 11.6. The maximum Gasteiger partial charge on any atom is 0.277 e. The van der Waals surface area contributed by atoms with Crippen molar-refractivity contribution in [3.63, 3.8) is 0 Å². The number of amides is 1. The van der Waals surface area contributed by atoms with Gasteiger partial charge in [-0.1, -0.05) is 36.4 Å². The second-order valence-corrected chi connectivity index (χ2v) is 5.08. The minimum absolute atomic E-state index is 0.0146. The van der Waals surface area contributed by atoms with E-state index < -0.39 is 4.92 Å². The first kappa shape index (κ1) is 17.9. The van der Waals surface area contributed by atoms with Crippen LogP contribution in [-0.4, -0.2) is 23.7 Å². The van der Waals surface area contributed by atoms with Gasteiger partial charge in [-0.25, -0.2) is 5.43 Å². The lowest BCUT2D eigenvalue weighted by Gasteiger charge is -2.07. The number of hydrazone groups is 1. The van der Waals surface area contributed by atoms with Crippen molar-refractivity contribution in [1.29, 1.82) is 0 Å². The summed E-state index contributed by atoms with van der Waals surface area (Å²) in [6, 6.07) is 13.6. The fraction of sp³-hybridized carbons (Fsp3) is 0.111. The van der Waals surface area contributed by atoms with Crippen LogP contribution in [0.25, 0.3) is 6.08 Å². The molecule has 0 atom stereocenters. The fourth-order valence-electron chi connectivity index (χ4n) is 1.94. The lowest BCUT2D eigenvalue weighted by molar-refractivity contribution is -0.384. The topological polar surface area (TPSA) is 93.8 Å². The number of hydrogen-bond donors (Lipinski definition) is 1. The molecular weight excluding hydrogens is 322 g/mol. The molecule has 0 aliphatic carbocycles. The summed E-state index contributed by atoms with van der Waals surface area (Å²) >= 11 is 0. The molecule has 2 rings (SSSR count). The number of aryl methyl sites for hydroxylation is 1. The first-order valence-corrected chi connectivity index (χ1v) is 7.48. The summed E-state index contributed by atoms with van der Waals surface area (Å²) in [6.07, 6.45) is 4.60. The summed E-state index contributed by atoms with van der Waals surface area (Å²) in [7, 11) is 0. The Bertz CT molecular complexity index is 815. The Morgan fingerprint density at radius 1 is 1.28 bits per heavy atom. The number of hydrogen-bond acceptors (Lipinski definition) is 5. The molecule has 0 aliphatic rings. The zero-order chi connectivity index (χ0) is 18.1. The highest BCUT2D eigenvalue weighted by molar-refractivity contribution is 5.82. The van der Waals surface area contributed by atoms with Crippen LogP contribution in [0.5, 0.6) is 5.75 Å². The number of nitrogens with zero attached hydrogens (tertiary/aromatic N) is 2. The molecule has 0 unspecified atom stereocenters. The van der Waals surface area contributed by atoms with Crippen LogP contribution in [0.3, 0.4) is 0 Å². The first-order chi connectivity index (χ1) is 12.1. The minimum Gasteiger partial charge on any atom is -0.483 e. The van der Waals surface area contributed by atoms with E-state index in [0.717, 1.165) is 5.56 Å². The highest BCUT2D eigenvalue weighted by Gasteiger charge is 2.04. The molecule has 1 N–H and O–H groups in total. The SMILES string of the molecule is Cc1ccccc1OCC(=O)N/N=C\C=C\c1cccc([N+](=O)[O-])c1. The Hall–Kier alpha value is -3.48. The molecule has 1 amide bonds. The van der Waals surface area contributed by atoms with E-state index in [0.29, 0.717) is 11.3 Å². The van der Waals surface area contributed by atoms with Crippen molar-refractivity contribution in [2.45, 2.75) is 6.92 Å². The third-order valence-electron chi connectivity index (χ3n) is 3.17. The van der Waals surface area contributed by atoms with Crippen molar-refractivity contribution in [2.24, 2.45) is 5.10 Å². The Morgan fingerprint density at radius 2 is 2.08 bits per heavy atom. The van der Waals surface area contributed by atoms with Crippen LogP contribution in [0.15, 0.2) is 59.7 Å². The highest BCUT2D eigenvalue weighted by atomic mass is 16.6. The van der Waals surface area contributed by atoms with Crippen LogP contribution in [-0.2, 0) is 4.79 Å². The quantitative estimate of drug-likeness (QED) is 0.476. The summed E-state index contributed by atoms with van der Waals surface area (Å²) in [5.74, 6) is 0.260. The van der Waals surface area contributed by atoms with Gasteiger partial charge in [0.2, 0.25) is 0 Å². The van der Waals surface area contributed by atoms with Crippen molar-refractivity contribution in [1.82, 2.24) is 5.43 Å². The number of carbonyl (C=O) groups is 1. The zero-order valence-corrected chi connectivity index (χ0v) is 13.6. The molecule has 2 aromatic carbocycles. The Kier molecular flexibility index (Phi) is 6.41. The number of nitro groups is 1. The molecule has 0 aliphatic heterocycles. The van der Waals surface area contributed by atoms with E-state index in [1.165, 1.54) is 18.3 Å². The molecule has 0 bridgehead atoms. The number of non-ortho nitro benzene ring substituents is 1. The van der Waals surface area contributed by atoms with Crippen LogP contribution in [0.1, 0.15) is 11.1 Å². The summed E-state index contributed by atoms with van der Waals surface area (Å²) in [4.78, 5) is 21.9. The minimum atomic E-state index is -0.458. The highest BCUT2D eigenvalue weighted by Crippen LogP contribution is 2.15. The van der Waals surface area contributed by atoms with E-state index in [-0.39, 0.29) is 18.2 Å². The molecule has 0 saturated carbocycles. The second kappa shape index (κ2) is 8.97. The monoisotopic (exact) mass is 339 g/mol. The fourth-order valence-corrected chi connectivity index (χ4v) is 1.94. The maximum absolute atomic E-state index is 11.6. The molecule has 7 nitrogen and oxygen atoms in total. The number of rotatable bonds is 7. The molecule has 7 heteroatoms. The average molecular weight is 339 g/mol. The molecule has 0 heterocycles. The van der Waals surface area contributed by atoms with Gasteiger partial charge >= 0.3 is 0 Å². The Morgan fingerprint density at radius 3 is 2.84 bits per heavy atom. The van der Waals surface area contributed by atoms with Crippen molar-refractivity contribution >= 4 is 23.9 Å². The number of para-hydroxylation sites is 1. The molecular formula is C18H17N3O4. The lowest BCUT2D eigenvalue weighted by Crippen LogP contribution is -2.24. The van der Waals surface area contributed by atoms with Gasteiger partial charge in [-0.3, -0.25) is 14.9 Å². The third-order valence-corrected chi connectivity index (χ3v) is 3.17. The standard InChI is InChI=1S/C18H17N3O4/c1-14-6-2-3-10-17(14)25-13-18(22)20-19-11-5-8-15-7-4-9-16(12-15)21(23)24/h2-12H,13H2,1H3,(H,20,22)/b8-5+,19-11-. The summed E-state index contributed by atoms with van der Waals surface area (Å²) in [5, 5.41) is 14.4. The van der Waals surface area contributed by atoms with E-state index >= 15 is 0 Å². The number of nitro benzene ring substituents is 1. The Balaban J connectivity index is 1.79. The van der Waals surface area contributed by atoms with Gasteiger partial charge in [0.05, 0.1) is 4.92 Å². The number of benzene rings is 2. The van der Waals surface area contributed by atoms with E-state index in [4.69, 9.17) is 4.74 Å². The summed E-state index contributed by atoms with van der Waals surface area (Å²) < 4.78 is 5.39. The number of ether oxygens (including phenoxy) is 1. The predicted molar refractivity (Wildman–Crippen MR) is 95.4 cm³/mol. The van der Waals surface area contributed by atoms with Gasteiger partial charge in [-0.05, 0) is 30.2 Å². The molecule has 128 valence electrons. The zero-order valence-electron chi connectivity index (χ0n) is 13.6. The largest absolute Gasteiger partial charge is 0.483 e. The second-order valence-electron chi connectivity index (χ2n) is 5.08. The van der Waals surface area contributed by atoms with Crippen molar-refractivity contribution in [3.8, 4) is 5.75 Å². The van der Waals surface area contributed by atoms with Gasteiger partial charge < -0.3 is 4.74 Å². The molecule has 0 saturated heterocycles. The Labute approximate surface area is 144 Å². The van der Waals surface area contributed by atoms with Crippen molar-refractivity contribution < 1.29 is 14.5 Å². The molecule has 2 aromatic rings. The van der Waals surface area contributed by atoms with Gasteiger partial charge in [0.15, 0.2) is 6.61 Å². The van der Waals surface area contributed by atoms with Crippen LogP contribution < -0.4 is 10.2 Å². The number of allylic oxidation sites excluding steroid dienone is 1. The van der Waals surface area contributed by atoms with Crippen molar-refractivity contribution in [2.75, 3.05) is 6.61 Å². The molecule has 0 aromatic heterocycles. The van der Waals surface area contributed by atoms with Gasteiger partial charge in [0.25, 0.3) is 11.6 Å². The van der Waals surface area contributed by atoms with Crippen molar-refractivity contribution in [3.05, 3.63) is 75.8 Å². The lowest BCUT2D eigenvalue weighted by atomic mass is 10.2. The van der Waals surface area contributed by atoms with Gasteiger partial charge in [-0.15, -0.1) is 0 Å². The molecule has 25 heavy (non-hydrogen) atoms. The molecule has 0 spiro atoms. The normalized spacial score (nSPS) is 10.9. The third kappa shape index (κ3) is 5.91. The van der Waals surface area contributed by atoms with Gasteiger partial charge in [0.1, 0.15) is 5.75 Å². The van der Waals surface area contributed by atoms with Gasteiger partial charge in [-0.2, -0.15) is 5.10 Å². The average Bonchev–Trinajstić information content (AvgIpc) is 2.61. The number of nitrogens with one attached hydrogen (secondary N) is 1. The number of carbonyl (C=O) groups excluding carboxylic acids is 1. The van der Waals surface area contributed by atoms with E-state index in [1.54, 1.807) is 30.4 Å². The predicted octanol–water partition coefficient (Wildman–Crippen LogP) is 3.10. The van der Waals surface area contributed by atoms with Crippen LogP contribution in [0, 0.1) is 17.0 Å². The van der Waals surface area contributed by atoms with Gasteiger partial charge in [0, 0.05) is 18.3 Å². The smallest absolute Gasteiger partial charge is 0.277 e. The summed E-state index contributed by atoms with van der Waals surface area (Å²) in [5.41, 5.74) is 3.95. The van der Waals surface area contributed by atoms with E-state index in [2.05, 4.69) is 10.5 Å². The molecule has 0 radical (unpaired) electrons. The summed E-state index contributed by atoms with van der Waals surface area (Å²) in [6.45, 7) is 1.75.